The molecular weight excluding hydrogens is 1900 g/mol. The van der Waals surface area contributed by atoms with Crippen molar-refractivity contribution in [3.8, 4) is 57.0 Å². The van der Waals surface area contributed by atoms with E-state index < -0.39 is 0 Å². The Bertz CT molecular complexity index is 7010. The smallest absolute Gasteiger partial charge is 0.261 e. The molecule has 8 fully saturated rings. The van der Waals surface area contributed by atoms with Crippen molar-refractivity contribution in [2.24, 2.45) is 11.8 Å². The molecule has 2 saturated carbocycles. The Morgan fingerprint density at radius 1 is 0.313 bits per heavy atom. The lowest BCUT2D eigenvalue weighted by molar-refractivity contribution is 0.0738. The maximum Gasteiger partial charge on any atom is 0.261 e. The summed E-state index contributed by atoms with van der Waals surface area (Å²) in [5, 5.41) is 39.8. The predicted octanol–water partition coefficient (Wildman–Crippen LogP) is 23.2. The third kappa shape index (κ3) is 25.9. The number of hydrogen-bond acceptors (Lipinski definition) is 29. The highest BCUT2D eigenvalue weighted by Gasteiger charge is 2.35. The molecule has 0 spiro atoms. The average Bonchev–Trinajstić information content (AvgIpc) is 1.25. The van der Waals surface area contributed by atoms with Gasteiger partial charge in [-0.2, -0.15) is 19.9 Å². The fourth-order valence-electron chi connectivity index (χ4n) is 22.4. The molecule has 0 unspecified atom stereocenters. The molecule has 16 heterocycles. The molecule has 5 N–H and O–H groups in total. The SMILES string of the molecule is Cc1ccc2nc(N3CCC(NC4CCOCC4)CC3)c(-c3ccc(C)o3)cc2c1.Cc1nc(-c2cc3cc(C)c(F)cc3nc2N2CCC(NC3CCCCC3)CC2)no1.Cc1nc(-c2cc3ccc(F)c(C)c3nc2N2CCC(NC3CCCCC3)CC2)no1.Cc1noc(-c2cc3cc(C)c(F)cc3nc2N2CCC(NCC(C)C)CC2)n1.Cc1noc(-c2cc3ccc(F)c(C)c3nc2N2CCC(NCC(C)C)CC2)n1. The molecule has 15 aromatic rings. The van der Waals surface area contributed by atoms with Gasteiger partial charge in [-0.15, -0.1) is 0 Å². The van der Waals surface area contributed by atoms with Crippen molar-refractivity contribution in [3.05, 3.63) is 189 Å². The van der Waals surface area contributed by atoms with Crippen LogP contribution in [-0.2, 0) is 4.74 Å². The van der Waals surface area contributed by atoms with Crippen LogP contribution in [-0.4, -0.2) is 206 Å². The van der Waals surface area contributed by atoms with Crippen molar-refractivity contribution in [2.75, 3.05) is 116 Å². The number of rotatable bonds is 22. The van der Waals surface area contributed by atoms with Crippen molar-refractivity contribution in [3.63, 3.8) is 0 Å². The summed E-state index contributed by atoms with van der Waals surface area (Å²) in [4.78, 5) is 53.9. The highest BCUT2D eigenvalue weighted by Crippen LogP contribution is 2.43. The standard InChI is InChI=1S/C25H31N3O2.2C24H30FN5O.2C22H28FN5O/c1-17-3-5-23-19(15-17)16-22(24-6-4-18(2)30-24)25(27-23)28-11-7-20(8-12-28)26-21-9-13-29-14-10-21;1-15-12-17-13-20(23-26-16(2)31-29-23)24(28-22(17)14-21(15)25)30-10-8-19(9-11-30)27-18-6-4-3-5-7-18;1-15-21(25)9-8-17-14-20(23-26-16(2)31-29-23)24(28-22(15)17)30-12-10-19(11-13-30)27-18-6-4-3-5-7-18;1-13(2)12-24-17-5-7-28(8-6-17)21-18(22-25-15(4)27-29-22)10-16-9-14(3)19(23)11-20(16)26-21;1-13(2)12-24-17-7-9-28(10-8-17)21-18(22-25-15(4)27-29-22)11-16-5-6-19(23)14(3)20(16)26-21/h3-6,15-16,20-21,26H,7-14H2,1-2H3;12-14,18-19,27H,3-11H2,1-2H3;8-9,14,18-19,27H,3-7,10-13H2,1-2H3;9-11,13,17,24H,5-8,12H2,1-4H3;5-6,11,13,17,24H,7-10,12H2,1-4H3. The quantitative estimate of drug-likeness (QED) is 0.0394. The number of pyridine rings is 5. The molecule has 0 atom stereocenters. The second-order valence-electron chi connectivity index (χ2n) is 43.5. The number of nitrogens with one attached hydrogen (secondary N) is 5. The van der Waals surface area contributed by atoms with Crippen LogP contribution >= 0.6 is 0 Å². The number of furan rings is 1. The number of aryl methyl sites for hydroxylation is 10. The molecular formula is C117H147F4N23O6. The summed E-state index contributed by atoms with van der Waals surface area (Å²) in [6, 6.07) is 38.7. The van der Waals surface area contributed by atoms with Crippen molar-refractivity contribution in [1.29, 1.82) is 0 Å². The summed E-state index contributed by atoms with van der Waals surface area (Å²) in [5.74, 6) is 10.6. The Kier molecular flexibility index (Phi) is 34.2. The molecule has 10 aromatic heterocycles. The maximum atomic E-state index is 14.2. The van der Waals surface area contributed by atoms with Crippen LogP contribution in [0.1, 0.15) is 226 Å². The van der Waals surface area contributed by atoms with E-state index in [-0.39, 0.29) is 23.3 Å². The topological polar surface area (TPSA) is 319 Å². The number of ether oxygens (including phenoxy) is 1. The van der Waals surface area contributed by atoms with E-state index in [2.05, 4.69) is 157 Å². The number of benzene rings is 5. The van der Waals surface area contributed by atoms with Crippen molar-refractivity contribution < 1.29 is 44.8 Å². The highest BCUT2D eigenvalue weighted by molar-refractivity contribution is 5.94. The van der Waals surface area contributed by atoms with Gasteiger partial charge in [0.05, 0.1) is 55.4 Å². The Hall–Kier alpha value is -12.5. The van der Waals surface area contributed by atoms with E-state index in [0.717, 1.165) is 264 Å². The molecule has 6 aliphatic heterocycles. The minimum atomic E-state index is -0.242. The highest BCUT2D eigenvalue weighted by atomic mass is 19.1. The lowest BCUT2D eigenvalue weighted by Crippen LogP contribution is -2.48. The van der Waals surface area contributed by atoms with Gasteiger partial charge in [-0.25, -0.2) is 42.5 Å². The van der Waals surface area contributed by atoms with Gasteiger partial charge in [-0.05, 0) is 285 Å². The summed E-state index contributed by atoms with van der Waals surface area (Å²) in [5.41, 5.74) is 11.7. The molecule has 8 aliphatic rings. The number of fused-ring (bicyclic) bond motifs is 5. The third-order valence-corrected chi connectivity index (χ3v) is 30.9. The van der Waals surface area contributed by atoms with Crippen LogP contribution in [0.3, 0.4) is 0 Å². The van der Waals surface area contributed by atoms with Gasteiger partial charge in [0.15, 0.2) is 11.6 Å². The van der Waals surface area contributed by atoms with Crippen LogP contribution in [0.2, 0.25) is 0 Å². The van der Waals surface area contributed by atoms with Crippen LogP contribution < -0.4 is 51.1 Å². The monoisotopic (exact) mass is 2050 g/mol. The first-order valence-corrected chi connectivity index (χ1v) is 54.8. The molecule has 794 valence electrons. The minimum Gasteiger partial charge on any atom is -0.461 e. The molecule has 29 nitrogen and oxygen atoms in total. The van der Waals surface area contributed by atoms with Crippen molar-refractivity contribution in [2.45, 2.75) is 287 Å². The normalized spacial score (nSPS) is 17.6. The van der Waals surface area contributed by atoms with E-state index in [4.69, 9.17) is 52.2 Å². The fraction of sp³-hybridized carbons (Fsp3) is 0.513. The number of hydrogen-bond donors (Lipinski definition) is 5. The van der Waals surface area contributed by atoms with Crippen molar-refractivity contribution >= 4 is 83.6 Å². The summed E-state index contributed by atoms with van der Waals surface area (Å²) < 4.78 is 89.6. The van der Waals surface area contributed by atoms with Gasteiger partial charge in [0.2, 0.25) is 23.4 Å². The lowest BCUT2D eigenvalue weighted by Gasteiger charge is -2.36. The molecule has 150 heavy (non-hydrogen) atoms. The number of halogens is 4. The largest absolute Gasteiger partial charge is 0.461 e. The van der Waals surface area contributed by atoms with Gasteiger partial charge in [0.25, 0.3) is 11.8 Å². The first-order chi connectivity index (χ1) is 72.6. The summed E-state index contributed by atoms with van der Waals surface area (Å²) in [6.07, 6.45) is 26.4. The van der Waals surface area contributed by atoms with Gasteiger partial charge in [-0.3, -0.25) is 0 Å². The van der Waals surface area contributed by atoms with Crippen LogP contribution in [0.15, 0.2) is 132 Å². The van der Waals surface area contributed by atoms with E-state index in [0.29, 0.717) is 151 Å². The van der Waals surface area contributed by atoms with Crippen LogP contribution in [0.25, 0.3) is 112 Å². The van der Waals surface area contributed by atoms with E-state index in [1.807, 2.05) is 49.4 Å². The number of nitrogens with zero attached hydrogens (tertiary/aromatic N) is 18. The summed E-state index contributed by atoms with van der Waals surface area (Å²) in [6.45, 7) is 40.3. The fourth-order valence-corrected chi connectivity index (χ4v) is 22.4. The second kappa shape index (κ2) is 48.4. The molecule has 0 bridgehead atoms. The number of aromatic nitrogens is 13. The zero-order valence-electron chi connectivity index (χ0n) is 89.6. The predicted molar refractivity (Wildman–Crippen MR) is 586 cm³/mol. The van der Waals surface area contributed by atoms with E-state index in [9.17, 15) is 17.6 Å². The van der Waals surface area contributed by atoms with Gasteiger partial charge < -0.3 is 78.3 Å². The summed E-state index contributed by atoms with van der Waals surface area (Å²) >= 11 is 0. The second-order valence-corrected chi connectivity index (χ2v) is 43.5. The first-order valence-electron chi connectivity index (χ1n) is 54.8. The molecule has 6 saturated heterocycles. The van der Waals surface area contributed by atoms with Crippen LogP contribution in [0.4, 0.5) is 46.7 Å². The van der Waals surface area contributed by atoms with E-state index >= 15 is 0 Å². The minimum absolute atomic E-state index is 0.232. The van der Waals surface area contributed by atoms with Gasteiger partial charge >= 0.3 is 0 Å². The molecule has 23 rings (SSSR count). The molecule has 0 radical (unpaired) electrons. The number of piperidine rings is 5. The maximum absolute atomic E-state index is 14.2. The van der Waals surface area contributed by atoms with Gasteiger partial charge in [-0.1, -0.05) is 98.5 Å². The number of anilines is 5. The Morgan fingerprint density at radius 3 is 1.07 bits per heavy atom. The van der Waals surface area contributed by atoms with Gasteiger partial charge in [0, 0.05) is 191 Å². The van der Waals surface area contributed by atoms with Crippen LogP contribution in [0.5, 0.6) is 0 Å². The molecule has 33 heteroatoms. The summed E-state index contributed by atoms with van der Waals surface area (Å²) in [7, 11) is 0. The molecule has 5 aromatic carbocycles. The van der Waals surface area contributed by atoms with E-state index in [1.54, 1.807) is 67.5 Å². The molecule has 0 amide bonds. The van der Waals surface area contributed by atoms with Crippen molar-refractivity contribution in [1.82, 2.24) is 92.1 Å². The van der Waals surface area contributed by atoms with Gasteiger partial charge in [0.1, 0.15) is 63.9 Å². The Labute approximate surface area is 876 Å². The average molecular weight is 2050 g/mol. The lowest BCUT2D eigenvalue weighted by atomic mass is 9.93. The first kappa shape index (κ1) is 106. The third-order valence-electron chi connectivity index (χ3n) is 30.9. The Morgan fingerprint density at radius 2 is 0.673 bits per heavy atom. The van der Waals surface area contributed by atoms with Crippen LogP contribution in [0, 0.1) is 104 Å². The zero-order valence-corrected chi connectivity index (χ0v) is 89.6. The van der Waals surface area contributed by atoms with E-state index in [1.165, 1.54) is 99.4 Å². The molecule has 2 aliphatic carbocycles. The Balaban J connectivity index is 0.000000118. The zero-order chi connectivity index (χ0) is 104.